The highest BCUT2D eigenvalue weighted by atomic mass is 32.2. The largest absolute Gasteiger partial charge is 0.370 e. The van der Waals surface area contributed by atoms with Crippen LogP contribution in [0.25, 0.3) is 0 Å². The molecule has 0 aliphatic carbocycles. The van der Waals surface area contributed by atoms with Crippen molar-refractivity contribution in [2.75, 3.05) is 36.0 Å². The van der Waals surface area contributed by atoms with Crippen molar-refractivity contribution in [3.05, 3.63) is 53.6 Å². The van der Waals surface area contributed by atoms with E-state index in [1.165, 1.54) is 12.5 Å². The first-order valence-electron chi connectivity index (χ1n) is 9.54. The van der Waals surface area contributed by atoms with Crippen molar-refractivity contribution in [2.24, 2.45) is 0 Å². The first kappa shape index (κ1) is 20.4. The minimum Gasteiger partial charge on any atom is -0.370 e. The van der Waals surface area contributed by atoms with Crippen LogP contribution in [-0.4, -0.2) is 40.5 Å². The first-order chi connectivity index (χ1) is 13.3. The number of aryl methyl sites for hydroxylation is 1. The number of anilines is 2. The van der Waals surface area contributed by atoms with Crippen LogP contribution in [0.4, 0.5) is 11.4 Å². The van der Waals surface area contributed by atoms with Crippen molar-refractivity contribution in [1.82, 2.24) is 4.72 Å². The molecule has 0 bridgehead atoms. The lowest BCUT2D eigenvalue weighted by atomic mass is 10.2. The van der Waals surface area contributed by atoms with Gasteiger partial charge in [0.15, 0.2) is 0 Å². The van der Waals surface area contributed by atoms with E-state index in [0.717, 1.165) is 23.5 Å². The van der Waals surface area contributed by atoms with E-state index in [0.29, 0.717) is 26.1 Å². The molecule has 1 aliphatic rings. The van der Waals surface area contributed by atoms with E-state index >= 15 is 0 Å². The van der Waals surface area contributed by atoms with Gasteiger partial charge in [0.2, 0.25) is 15.9 Å². The Kier molecular flexibility index (Phi) is 6.05. The summed E-state index contributed by atoms with van der Waals surface area (Å²) in [5.74, 6) is -0.0247. The Morgan fingerprint density at radius 3 is 2.68 bits per heavy atom. The van der Waals surface area contributed by atoms with Gasteiger partial charge in [-0.25, -0.2) is 13.1 Å². The highest BCUT2D eigenvalue weighted by Gasteiger charge is 2.24. The van der Waals surface area contributed by atoms with E-state index in [9.17, 15) is 13.2 Å². The maximum Gasteiger partial charge on any atom is 0.240 e. The van der Waals surface area contributed by atoms with Crippen molar-refractivity contribution in [3.8, 4) is 0 Å². The number of nitrogens with one attached hydrogen (secondary N) is 1. The lowest BCUT2D eigenvalue weighted by molar-refractivity contribution is -0.116. The van der Waals surface area contributed by atoms with Gasteiger partial charge in [-0.1, -0.05) is 12.1 Å². The number of sulfonamides is 1. The van der Waals surface area contributed by atoms with Crippen LogP contribution in [0.15, 0.2) is 47.4 Å². The summed E-state index contributed by atoms with van der Waals surface area (Å²) in [6.07, 6.45) is 0.676. The summed E-state index contributed by atoms with van der Waals surface area (Å²) >= 11 is 0. The molecule has 1 amide bonds. The molecule has 6 nitrogen and oxygen atoms in total. The van der Waals surface area contributed by atoms with Crippen LogP contribution in [0, 0.1) is 6.92 Å². The highest BCUT2D eigenvalue weighted by Crippen LogP contribution is 2.30. The molecule has 1 aliphatic heterocycles. The fourth-order valence-electron chi connectivity index (χ4n) is 3.57. The summed E-state index contributed by atoms with van der Waals surface area (Å²) in [5, 5.41) is 0. The standard InChI is InChI=1S/C21H27N3O3S/c1-4-23(19-7-5-6-16(2)14-19)13-11-22-28(26,27)20-8-9-21-18(15-20)10-12-24(21)17(3)25/h5-9,14-15,22H,4,10-13H2,1-3H3. The molecule has 0 saturated heterocycles. The summed E-state index contributed by atoms with van der Waals surface area (Å²) in [7, 11) is -3.59. The summed E-state index contributed by atoms with van der Waals surface area (Å²) < 4.78 is 28.1. The average molecular weight is 402 g/mol. The van der Waals surface area contributed by atoms with Gasteiger partial charge in [-0.05, 0) is 61.7 Å². The minimum atomic E-state index is -3.59. The number of nitrogens with zero attached hydrogens (tertiary/aromatic N) is 2. The molecule has 0 saturated carbocycles. The molecule has 1 N–H and O–H groups in total. The molecule has 0 spiro atoms. The van der Waals surface area contributed by atoms with Gasteiger partial charge in [-0.2, -0.15) is 0 Å². The third kappa shape index (κ3) is 4.36. The van der Waals surface area contributed by atoms with Crippen molar-refractivity contribution in [1.29, 1.82) is 0 Å². The molecule has 3 rings (SSSR count). The van der Waals surface area contributed by atoms with E-state index in [2.05, 4.69) is 22.6 Å². The quantitative estimate of drug-likeness (QED) is 0.775. The van der Waals surface area contributed by atoms with Crippen LogP contribution in [0.1, 0.15) is 25.0 Å². The van der Waals surface area contributed by atoms with Crippen LogP contribution in [0.3, 0.4) is 0 Å². The zero-order valence-corrected chi connectivity index (χ0v) is 17.4. The fraction of sp³-hybridized carbons (Fsp3) is 0.381. The number of rotatable bonds is 7. The van der Waals surface area contributed by atoms with Crippen molar-refractivity contribution in [3.63, 3.8) is 0 Å². The molecular formula is C21H27N3O3S. The van der Waals surface area contributed by atoms with Gasteiger partial charge in [0.25, 0.3) is 0 Å². The molecule has 150 valence electrons. The second-order valence-electron chi connectivity index (χ2n) is 7.03. The molecule has 0 aromatic heterocycles. The summed E-state index contributed by atoms with van der Waals surface area (Å²) in [4.78, 5) is 15.7. The van der Waals surface area contributed by atoms with E-state index in [1.54, 1.807) is 23.1 Å². The van der Waals surface area contributed by atoms with Crippen LogP contribution >= 0.6 is 0 Å². The van der Waals surface area contributed by atoms with Gasteiger partial charge < -0.3 is 9.80 Å². The van der Waals surface area contributed by atoms with Gasteiger partial charge in [-0.15, -0.1) is 0 Å². The van der Waals surface area contributed by atoms with Gasteiger partial charge in [0.1, 0.15) is 0 Å². The van der Waals surface area contributed by atoms with Gasteiger partial charge in [0.05, 0.1) is 4.90 Å². The molecule has 28 heavy (non-hydrogen) atoms. The van der Waals surface area contributed by atoms with Crippen LogP contribution in [0.2, 0.25) is 0 Å². The summed E-state index contributed by atoms with van der Waals surface area (Å²) in [6, 6.07) is 13.2. The zero-order valence-electron chi connectivity index (χ0n) is 16.6. The first-order valence-corrected chi connectivity index (χ1v) is 11.0. The molecule has 0 unspecified atom stereocenters. The SMILES string of the molecule is CCN(CCNS(=O)(=O)c1ccc2c(c1)CCN2C(C)=O)c1cccc(C)c1. The summed E-state index contributed by atoms with van der Waals surface area (Å²) in [6.45, 7) is 7.92. The zero-order chi connectivity index (χ0) is 20.3. The lowest BCUT2D eigenvalue weighted by Gasteiger charge is -2.23. The molecule has 2 aromatic carbocycles. The second kappa shape index (κ2) is 8.32. The third-order valence-corrected chi connectivity index (χ3v) is 6.52. The van der Waals surface area contributed by atoms with E-state index in [4.69, 9.17) is 0 Å². The molecule has 1 heterocycles. The number of likely N-dealkylation sites (N-methyl/N-ethyl adjacent to an activating group) is 1. The number of hydrogen-bond donors (Lipinski definition) is 1. The van der Waals surface area contributed by atoms with Gasteiger partial charge in [-0.3, -0.25) is 4.79 Å². The predicted octanol–water partition coefficient (Wildman–Crippen LogP) is 2.71. The Labute approximate surface area is 167 Å². The molecule has 2 aromatic rings. The molecule has 0 radical (unpaired) electrons. The normalized spacial score (nSPS) is 13.5. The molecule has 7 heteroatoms. The molecule has 0 atom stereocenters. The minimum absolute atomic E-state index is 0.0247. The average Bonchev–Trinajstić information content (AvgIpc) is 3.09. The maximum atomic E-state index is 12.7. The second-order valence-corrected chi connectivity index (χ2v) is 8.79. The van der Waals surface area contributed by atoms with Gasteiger partial charge >= 0.3 is 0 Å². The lowest BCUT2D eigenvalue weighted by Crippen LogP contribution is -2.35. The van der Waals surface area contributed by atoms with E-state index in [1.807, 2.05) is 25.1 Å². The maximum absolute atomic E-state index is 12.7. The van der Waals surface area contributed by atoms with Crippen LogP contribution in [0.5, 0.6) is 0 Å². The Morgan fingerprint density at radius 2 is 2.00 bits per heavy atom. The third-order valence-electron chi connectivity index (χ3n) is 5.06. The molecular weight excluding hydrogens is 374 g/mol. The van der Waals surface area contributed by atoms with Crippen molar-refractivity contribution < 1.29 is 13.2 Å². The van der Waals surface area contributed by atoms with Crippen molar-refractivity contribution >= 4 is 27.3 Å². The monoisotopic (exact) mass is 401 g/mol. The van der Waals surface area contributed by atoms with Crippen LogP contribution < -0.4 is 14.5 Å². The highest BCUT2D eigenvalue weighted by molar-refractivity contribution is 7.89. The topological polar surface area (TPSA) is 69.7 Å². The van der Waals surface area contributed by atoms with Crippen LogP contribution in [-0.2, 0) is 21.2 Å². The Balaban J connectivity index is 1.67. The smallest absolute Gasteiger partial charge is 0.240 e. The number of amides is 1. The van der Waals surface area contributed by atoms with Crippen molar-refractivity contribution in [2.45, 2.75) is 32.1 Å². The predicted molar refractivity (Wildman–Crippen MR) is 112 cm³/mol. The molecule has 0 fully saturated rings. The number of carbonyl (C=O) groups is 1. The Morgan fingerprint density at radius 1 is 1.21 bits per heavy atom. The Bertz CT molecular complexity index is 973. The number of carbonyl (C=O) groups excluding carboxylic acids is 1. The van der Waals surface area contributed by atoms with E-state index in [-0.39, 0.29) is 10.8 Å². The fourth-order valence-corrected chi connectivity index (χ4v) is 4.64. The number of fused-ring (bicyclic) bond motifs is 1. The van der Waals surface area contributed by atoms with Gasteiger partial charge in [0, 0.05) is 44.5 Å². The number of hydrogen-bond acceptors (Lipinski definition) is 4. The Hall–Kier alpha value is -2.38. The van der Waals surface area contributed by atoms with E-state index < -0.39 is 10.0 Å². The number of benzene rings is 2. The summed E-state index contributed by atoms with van der Waals surface area (Å²) in [5.41, 5.74) is 3.97.